The lowest BCUT2D eigenvalue weighted by molar-refractivity contribution is 0.0752. The van der Waals surface area contributed by atoms with Crippen molar-refractivity contribution < 1.29 is 14.3 Å². The Balaban J connectivity index is 1.75. The van der Waals surface area contributed by atoms with E-state index >= 15 is 0 Å². The van der Waals surface area contributed by atoms with Crippen LogP contribution in [0.4, 0.5) is 5.69 Å². The zero-order valence-electron chi connectivity index (χ0n) is 16.6. The highest BCUT2D eigenvalue weighted by Gasteiger charge is 2.16. The fraction of sp³-hybridized carbons (Fsp3) is 0.167. The Morgan fingerprint density at radius 2 is 1.62 bits per heavy atom. The number of carbonyl (C=O) groups is 2. The van der Waals surface area contributed by atoms with E-state index in [0.717, 1.165) is 5.56 Å². The third kappa shape index (κ3) is 5.23. The van der Waals surface area contributed by atoms with Gasteiger partial charge in [-0.25, -0.2) is 0 Å². The van der Waals surface area contributed by atoms with Gasteiger partial charge in [0.25, 0.3) is 11.8 Å². The molecule has 0 saturated carbocycles. The normalized spacial score (nSPS) is 10.3. The first-order valence-corrected chi connectivity index (χ1v) is 9.49. The second-order valence-corrected chi connectivity index (χ2v) is 6.57. The lowest BCUT2D eigenvalue weighted by Gasteiger charge is -2.21. The lowest BCUT2D eigenvalue weighted by Crippen LogP contribution is -2.30. The number of carbonyl (C=O) groups excluding carboxylic acids is 2. The van der Waals surface area contributed by atoms with Crippen molar-refractivity contribution in [3.63, 3.8) is 0 Å². The van der Waals surface area contributed by atoms with Gasteiger partial charge in [0.1, 0.15) is 5.75 Å². The summed E-state index contributed by atoms with van der Waals surface area (Å²) in [7, 11) is 1.57. The van der Waals surface area contributed by atoms with Gasteiger partial charge in [0.2, 0.25) is 0 Å². The van der Waals surface area contributed by atoms with E-state index in [9.17, 15) is 9.59 Å². The van der Waals surface area contributed by atoms with Gasteiger partial charge in [-0.1, -0.05) is 42.5 Å². The summed E-state index contributed by atoms with van der Waals surface area (Å²) in [5.74, 6) is 0.276. The largest absolute Gasteiger partial charge is 0.497 e. The maximum absolute atomic E-state index is 13.0. The van der Waals surface area contributed by atoms with Gasteiger partial charge < -0.3 is 15.0 Å². The van der Waals surface area contributed by atoms with Gasteiger partial charge >= 0.3 is 0 Å². The molecule has 0 unspecified atom stereocenters. The maximum Gasteiger partial charge on any atom is 0.255 e. The predicted molar refractivity (Wildman–Crippen MR) is 114 cm³/mol. The van der Waals surface area contributed by atoms with Crippen LogP contribution in [0.2, 0.25) is 0 Å². The second kappa shape index (κ2) is 9.55. The summed E-state index contributed by atoms with van der Waals surface area (Å²) >= 11 is 0. The van der Waals surface area contributed by atoms with Gasteiger partial charge in [0.15, 0.2) is 0 Å². The third-order valence-corrected chi connectivity index (χ3v) is 4.58. The number of hydrogen-bond acceptors (Lipinski definition) is 3. The van der Waals surface area contributed by atoms with Crippen LogP contribution in [-0.2, 0) is 6.54 Å². The molecule has 0 saturated heterocycles. The van der Waals surface area contributed by atoms with E-state index in [2.05, 4.69) is 5.32 Å². The number of methoxy groups -OCH3 is 1. The van der Waals surface area contributed by atoms with Gasteiger partial charge in [-0.3, -0.25) is 9.59 Å². The Labute approximate surface area is 170 Å². The summed E-state index contributed by atoms with van der Waals surface area (Å²) in [5, 5.41) is 2.84. The molecule has 0 aliphatic heterocycles. The van der Waals surface area contributed by atoms with Crippen molar-refractivity contribution in [1.29, 1.82) is 0 Å². The number of amides is 2. The molecule has 0 aromatic heterocycles. The SMILES string of the molecule is CCN(Cc1ccccc1)C(=O)c1cccc(C(=O)Nc2cccc(OC)c2)c1. The summed E-state index contributed by atoms with van der Waals surface area (Å²) in [6, 6.07) is 23.8. The van der Waals surface area contributed by atoms with Crippen molar-refractivity contribution in [2.45, 2.75) is 13.5 Å². The molecule has 0 heterocycles. The summed E-state index contributed by atoms with van der Waals surface area (Å²) in [4.78, 5) is 27.4. The van der Waals surface area contributed by atoms with Gasteiger partial charge in [-0.15, -0.1) is 0 Å². The molecule has 0 bridgehead atoms. The molecule has 0 aliphatic rings. The Kier molecular flexibility index (Phi) is 6.63. The Bertz CT molecular complexity index is 986. The number of anilines is 1. The van der Waals surface area contributed by atoms with Crippen molar-refractivity contribution in [3.8, 4) is 5.75 Å². The van der Waals surface area contributed by atoms with Gasteiger partial charge in [-0.05, 0) is 42.8 Å². The first-order valence-electron chi connectivity index (χ1n) is 9.49. The number of nitrogens with one attached hydrogen (secondary N) is 1. The van der Waals surface area contributed by atoms with Crippen LogP contribution >= 0.6 is 0 Å². The van der Waals surface area contributed by atoms with Gasteiger partial charge in [0.05, 0.1) is 7.11 Å². The summed E-state index contributed by atoms with van der Waals surface area (Å²) < 4.78 is 5.18. The van der Waals surface area contributed by atoms with Crippen molar-refractivity contribution in [1.82, 2.24) is 4.90 Å². The van der Waals surface area contributed by atoms with Gasteiger partial charge in [-0.2, -0.15) is 0 Å². The quantitative estimate of drug-likeness (QED) is 0.643. The van der Waals surface area contributed by atoms with E-state index in [1.807, 2.05) is 37.3 Å². The standard InChI is InChI=1S/C24H24N2O3/c1-3-26(17-18-9-5-4-6-10-18)24(28)20-12-7-11-19(15-20)23(27)25-21-13-8-14-22(16-21)29-2/h4-16H,3,17H2,1-2H3,(H,25,27). The molecule has 0 atom stereocenters. The molecule has 148 valence electrons. The maximum atomic E-state index is 13.0. The lowest BCUT2D eigenvalue weighted by atomic mass is 10.1. The molecule has 0 spiro atoms. The van der Waals surface area contributed by atoms with Crippen LogP contribution in [0.5, 0.6) is 5.75 Å². The molecule has 0 aliphatic carbocycles. The highest BCUT2D eigenvalue weighted by molar-refractivity contribution is 6.06. The van der Waals surface area contributed by atoms with Crippen LogP contribution < -0.4 is 10.1 Å². The zero-order chi connectivity index (χ0) is 20.6. The van der Waals surface area contributed by atoms with Crippen LogP contribution in [-0.4, -0.2) is 30.4 Å². The molecule has 5 nitrogen and oxygen atoms in total. The minimum absolute atomic E-state index is 0.104. The van der Waals surface area contributed by atoms with Crippen molar-refractivity contribution in [2.24, 2.45) is 0 Å². The molecule has 5 heteroatoms. The molecule has 3 aromatic rings. The predicted octanol–water partition coefficient (Wildman–Crippen LogP) is 4.61. The van der Waals surface area contributed by atoms with Crippen molar-refractivity contribution in [2.75, 3.05) is 19.0 Å². The third-order valence-electron chi connectivity index (χ3n) is 4.58. The highest BCUT2D eigenvalue weighted by Crippen LogP contribution is 2.18. The van der Waals surface area contributed by atoms with Crippen LogP contribution in [0.25, 0.3) is 0 Å². The first kappa shape index (κ1) is 20.1. The van der Waals surface area contributed by atoms with Crippen molar-refractivity contribution >= 4 is 17.5 Å². The summed E-state index contributed by atoms with van der Waals surface area (Å²) in [6.45, 7) is 3.05. The monoisotopic (exact) mass is 388 g/mol. The van der Waals surface area contributed by atoms with E-state index < -0.39 is 0 Å². The number of hydrogen-bond donors (Lipinski definition) is 1. The van der Waals surface area contributed by atoms with E-state index in [0.29, 0.717) is 35.7 Å². The number of benzene rings is 3. The molecule has 29 heavy (non-hydrogen) atoms. The number of rotatable bonds is 7. The minimum Gasteiger partial charge on any atom is -0.497 e. The molecular weight excluding hydrogens is 364 g/mol. The van der Waals surface area contributed by atoms with Crippen molar-refractivity contribution in [3.05, 3.63) is 95.6 Å². The number of ether oxygens (including phenoxy) is 1. The van der Waals surface area contributed by atoms with E-state index in [-0.39, 0.29) is 11.8 Å². The molecular formula is C24H24N2O3. The summed E-state index contributed by atoms with van der Waals surface area (Å²) in [6.07, 6.45) is 0. The summed E-state index contributed by atoms with van der Waals surface area (Å²) in [5.41, 5.74) is 2.61. The average Bonchev–Trinajstić information content (AvgIpc) is 2.78. The Morgan fingerprint density at radius 3 is 2.34 bits per heavy atom. The Hall–Kier alpha value is -3.60. The molecule has 1 N–H and O–H groups in total. The fourth-order valence-corrected chi connectivity index (χ4v) is 3.01. The van der Waals surface area contributed by atoms with Crippen LogP contribution in [0, 0.1) is 0 Å². The zero-order valence-corrected chi connectivity index (χ0v) is 16.6. The van der Waals surface area contributed by atoms with E-state index in [4.69, 9.17) is 4.74 Å². The molecule has 0 fully saturated rings. The Morgan fingerprint density at radius 1 is 0.897 bits per heavy atom. The van der Waals surface area contributed by atoms with Gasteiger partial charge in [0, 0.05) is 36.0 Å². The van der Waals surface area contributed by atoms with E-state index in [1.54, 1.807) is 60.5 Å². The smallest absolute Gasteiger partial charge is 0.255 e. The van der Waals surface area contributed by atoms with Crippen LogP contribution in [0.3, 0.4) is 0 Å². The fourth-order valence-electron chi connectivity index (χ4n) is 3.01. The first-order chi connectivity index (χ1) is 14.1. The number of nitrogens with zero attached hydrogens (tertiary/aromatic N) is 1. The average molecular weight is 388 g/mol. The second-order valence-electron chi connectivity index (χ2n) is 6.57. The minimum atomic E-state index is -0.279. The molecule has 3 rings (SSSR count). The molecule has 2 amide bonds. The molecule has 3 aromatic carbocycles. The topological polar surface area (TPSA) is 58.6 Å². The van der Waals surface area contributed by atoms with Crippen LogP contribution in [0.1, 0.15) is 33.2 Å². The molecule has 0 radical (unpaired) electrons. The highest BCUT2D eigenvalue weighted by atomic mass is 16.5. The van der Waals surface area contributed by atoms with Crippen LogP contribution in [0.15, 0.2) is 78.9 Å². The van der Waals surface area contributed by atoms with E-state index in [1.165, 1.54) is 0 Å².